The molecule has 2 heterocycles. The Morgan fingerprint density at radius 1 is 1.20 bits per heavy atom. The van der Waals surface area contributed by atoms with Crippen molar-refractivity contribution in [3.8, 4) is 11.5 Å². The van der Waals surface area contributed by atoms with Crippen LogP contribution in [0.5, 0.6) is 11.5 Å². The van der Waals surface area contributed by atoms with Gasteiger partial charge in [0.1, 0.15) is 5.60 Å². The third-order valence-corrected chi connectivity index (χ3v) is 4.97. The van der Waals surface area contributed by atoms with E-state index in [4.69, 9.17) is 14.2 Å². The summed E-state index contributed by atoms with van der Waals surface area (Å²) in [5.41, 5.74) is 0.460. The smallest absolute Gasteiger partial charge is 0.410 e. The number of methoxy groups -OCH3 is 2. The average molecular weight is 348 g/mol. The standard InChI is InChI=1S/C18H24N2O5/c1-19-12-18(25-17(19)22)6-8-20(9-7-18)16(21)11-13-4-5-14(23-2)15(10-13)24-3/h4-5,10H,6-9,11-12H2,1-3H3. The zero-order valence-corrected chi connectivity index (χ0v) is 14.9. The van der Waals surface area contributed by atoms with Crippen molar-refractivity contribution in [1.82, 2.24) is 9.80 Å². The number of carbonyl (C=O) groups is 2. The van der Waals surface area contributed by atoms with Gasteiger partial charge in [-0.2, -0.15) is 0 Å². The van der Waals surface area contributed by atoms with E-state index in [1.54, 1.807) is 32.2 Å². The number of likely N-dealkylation sites (tertiary alicyclic amines) is 1. The van der Waals surface area contributed by atoms with Crippen molar-refractivity contribution in [2.45, 2.75) is 24.9 Å². The van der Waals surface area contributed by atoms with Crippen molar-refractivity contribution in [3.63, 3.8) is 0 Å². The van der Waals surface area contributed by atoms with Gasteiger partial charge in [0.25, 0.3) is 0 Å². The molecule has 2 fully saturated rings. The van der Waals surface area contributed by atoms with Crippen LogP contribution >= 0.6 is 0 Å². The van der Waals surface area contributed by atoms with Crippen molar-refractivity contribution in [2.75, 3.05) is 40.9 Å². The quantitative estimate of drug-likeness (QED) is 0.828. The van der Waals surface area contributed by atoms with E-state index in [9.17, 15) is 9.59 Å². The molecule has 0 atom stereocenters. The number of ether oxygens (including phenoxy) is 3. The third kappa shape index (κ3) is 3.50. The zero-order valence-electron chi connectivity index (χ0n) is 14.9. The second kappa shape index (κ2) is 6.82. The number of hydrogen-bond donors (Lipinski definition) is 0. The Hall–Kier alpha value is -2.44. The van der Waals surface area contributed by atoms with E-state index in [0.717, 1.165) is 5.56 Å². The molecule has 25 heavy (non-hydrogen) atoms. The fourth-order valence-corrected chi connectivity index (χ4v) is 3.49. The van der Waals surface area contributed by atoms with Crippen molar-refractivity contribution in [3.05, 3.63) is 23.8 Å². The molecule has 0 bridgehead atoms. The van der Waals surface area contributed by atoms with Crippen molar-refractivity contribution in [1.29, 1.82) is 0 Å². The molecule has 2 saturated heterocycles. The van der Waals surface area contributed by atoms with Crippen molar-refractivity contribution >= 4 is 12.0 Å². The van der Waals surface area contributed by atoms with Gasteiger partial charge in [0, 0.05) is 33.0 Å². The van der Waals surface area contributed by atoms with Crippen LogP contribution in [0.1, 0.15) is 18.4 Å². The van der Waals surface area contributed by atoms with Crippen molar-refractivity contribution < 1.29 is 23.8 Å². The number of nitrogens with zero attached hydrogens (tertiary/aromatic N) is 2. The number of piperidine rings is 1. The monoisotopic (exact) mass is 348 g/mol. The van der Waals surface area contributed by atoms with Gasteiger partial charge in [-0.15, -0.1) is 0 Å². The minimum Gasteiger partial charge on any atom is -0.493 e. The molecule has 7 nitrogen and oxygen atoms in total. The summed E-state index contributed by atoms with van der Waals surface area (Å²) in [4.78, 5) is 27.6. The highest BCUT2D eigenvalue weighted by Crippen LogP contribution is 2.33. The minimum atomic E-state index is -0.425. The fourth-order valence-electron chi connectivity index (χ4n) is 3.49. The number of likely N-dealkylation sites (N-methyl/N-ethyl adjacent to an activating group) is 1. The first kappa shape index (κ1) is 17.4. The lowest BCUT2D eigenvalue weighted by molar-refractivity contribution is -0.133. The molecule has 0 N–H and O–H groups in total. The summed E-state index contributed by atoms with van der Waals surface area (Å²) in [5.74, 6) is 1.33. The Balaban J connectivity index is 1.59. The summed E-state index contributed by atoms with van der Waals surface area (Å²) in [7, 11) is 4.90. The van der Waals surface area contributed by atoms with Gasteiger partial charge in [-0.3, -0.25) is 4.79 Å². The number of benzene rings is 1. The van der Waals surface area contributed by atoms with Gasteiger partial charge in [0.15, 0.2) is 11.5 Å². The summed E-state index contributed by atoms with van der Waals surface area (Å²) >= 11 is 0. The maximum Gasteiger partial charge on any atom is 0.410 e. The van der Waals surface area contributed by atoms with Gasteiger partial charge in [0.2, 0.25) is 5.91 Å². The Labute approximate surface area is 147 Å². The first-order valence-corrected chi connectivity index (χ1v) is 8.39. The SMILES string of the molecule is COc1ccc(CC(=O)N2CCC3(CC2)CN(C)C(=O)O3)cc1OC. The molecule has 2 amide bonds. The predicted octanol–water partition coefficient (Wildman–Crippen LogP) is 1.69. The molecular weight excluding hydrogens is 324 g/mol. The lowest BCUT2D eigenvalue weighted by atomic mass is 9.91. The molecule has 1 aromatic carbocycles. The maximum absolute atomic E-state index is 12.6. The topological polar surface area (TPSA) is 68.3 Å². The molecule has 1 aromatic rings. The molecule has 0 radical (unpaired) electrons. The van der Waals surface area contributed by atoms with Crippen LogP contribution in [-0.2, 0) is 16.0 Å². The predicted molar refractivity (Wildman–Crippen MR) is 90.9 cm³/mol. The van der Waals surface area contributed by atoms with Crippen LogP contribution in [0.2, 0.25) is 0 Å². The second-order valence-corrected chi connectivity index (χ2v) is 6.65. The van der Waals surface area contributed by atoms with E-state index < -0.39 is 5.60 Å². The summed E-state index contributed by atoms with van der Waals surface area (Å²) in [6, 6.07) is 5.51. The van der Waals surface area contributed by atoms with Crippen LogP contribution in [0, 0.1) is 0 Å². The number of hydrogen-bond acceptors (Lipinski definition) is 5. The maximum atomic E-state index is 12.6. The Morgan fingerprint density at radius 3 is 2.44 bits per heavy atom. The van der Waals surface area contributed by atoms with E-state index in [-0.39, 0.29) is 12.0 Å². The molecule has 0 saturated carbocycles. The second-order valence-electron chi connectivity index (χ2n) is 6.65. The first-order valence-electron chi connectivity index (χ1n) is 8.39. The number of rotatable bonds is 4. The summed E-state index contributed by atoms with van der Waals surface area (Å²) in [6.45, 7) is 1.81. The van der Waals surface area contributed by atoms with E-state index in [0.29, 0.717) is 50.4 Å². The normalized spacial score (nSPS) is 19.1. The molecular formula is C18H24N2O5. The van der Waals surface area contributed by atoms with E-state index in [2.05, 4.69) is 0 Å². The highest BCUT2D eigenvalue weighted by molar-refractivity contribution is 5.79. The van der Waals surface area contributed by atoms with Gasteiger partial charge in [0.05, 0.1) is 27.2 Å². The molecule has 2 aliphatic heterocycles. The molecule has 1 spiro atoms. The van der Waals surface area contributed by atoms with Crippen LogP contribution in [-0.4, -0.2) is 68.3 Å². The van der Waals surface area contributed by atoms with Crippen LogP contribution in [0.15, 0.2) is 18.2 Å². The average Bonchev–Trinajstić information content (AvgIpc) is 2.88. The summed E-state index contributed by atoms with van der Waals surface area (Å²) in [6.07, 6.45) is 1.40. The minimum absolute atomic E-state index is 0.0692. The van der Waals surface area contributed by atoms with E-state index >= 15 is 0 Å². The van der Waals surface area contributed by atoms with E-state index in [1.165, 1.54) is 0 Å². The summed E-state index contributed by atoms with van der Waals surface area (Å²) < 4.78 is 16.0. The molecule has 7 heteroatoms. The summed E-state index contributed by atoms with van der Waals surface area (Å²) in [5, 5.41) is 0. The Kier molecular flexibility index (Phi) is 4.74. The van der Waals surface area contributed by atoms with Gasteiger partial charge in [-0.05, 0) is 17.7 Å². The lowest BCUT2D eigenvalue weighted by Gasteiger charge is -2.37. The Morgan fingerprint density at radius 2 is 1.88 bits per heavy atom. The van der Waals surface area contributed by atoms with Gasteiger partial charge >= 0.3 is 6.09 Å². The number of amides is 2. The largest absolute Gasteiger partial charge is 0.493 e. The highest BCUT2D eigenvalue weighted by atomic mass is 16.6. The lowest BCUT2D eigenvalue weighted by Crippen LogP contribution is -2.48. The molecule has 0 unspecified atom stereocenters. The van der Waals surface area contributed by atoms with Gasteiger partial charge in [-0.1, -0.05) is 6.07 Å². The highest BCUT2D eigenvalue weighted by Gasteiger charge is 2.46. The molecule has 0 aromatic heterocycles. The van der Waals surface area contributed by atoms with E-state index in [1.807, 2.05) is 17.0 Å². The molecule has 3 rings (SSSR count). The van der Waals surface area contributed by atoms with Gasteiger partial charge in [-0.25, -0.2) is 4.79 Å². The third-order valence-electron chi connectivity index (χ3n) is 4.97. The molecule has 0 aliphatic carbocycles. The van der Waals surface area contributed by atoms with Crippen LogP contribution < -0.4 is 9.47 Å². The first-order chi connectivity index (χ1) is 12.0. The van der Waals surface area contributed by atoms with Crippen LogP contribution in [0.3, 0.4) is 0 Å². The Bertz CT molecular complexity index is 667. The fraction of sp³-hybridized carbons (Fsp3) is 0.556. The molecule has 136 valence electrons. The molecule has 2 aliphatic rings. The number of carbonyl (C=O) groups excluding carboxylic acids is 2. The van der Waals surface area contributed by atoms with Crippen LogP contribution in [0.25, 0.3) is 0 Å². The zero-order chi connectivity index (χ0) is 18.0. The van der Waals surface area contributed by atoms with Crippen molar-refractivity contribution in [2.24, 2.45) is 0 Å². The van der Waals surface area contributed by atoms with Gasteiger partial charge < -0.3 is 24.0 Å². The van der Waals surface area contributed by atoms with Crippen LogP contribution in [0.4, 0.5) is 4.79 Å².